The lowest BCUT2D eigenvalue weighted by atomic mass is 10.1. The summed E-state index contributed by atoms with van der Waals surface area (Å²) in [6.07, 6.45) is 2.97. The Labute approximate surface area is 114 Å². The SMILES string of the molecule is O=C(O)c1ncccc1-c1cnnn1-c1ccccc1. The maximum Gasteiger partial charge on any atom is 0.355 e. The number of para-hydroxylation sites is 1. The third-order valence-electron chi connectivity index (χ3n) is 2.84. The Bertz CT molecular complexity index is 753. The minimum absolute atomic E-state index is 0.0213. The second kappa shape index (κ2) is 4.93. The van der Waals surface area contributed by atoms with Gasteiger partial charge in [0.2, 0.25) is 0 Å². The van der Waals surface area contributed by atoms with Crippen molar-refractivity contribution in [1.82, 2.24) is 20.0 Å². The van der Waals surface area contributed by atoms with E-state index >= 15 is 0 Å². The molecular weight excluding hydrogens is 256 g/mol. The molecule has 0 aliphatic heterocycles. The highest BCUT2D eigenvalue weighted by Crippen LogP contribution is 2.23. The van der Waals surface area contributed by atoms with Crippen LogP contribution in [0.2, 0.25) is 0 Å². The van der Waals surface area contributed by atoms with Crippen molar-refractivity contribution >= 4 is 5.97 Å². The van der Waals surface area contributed by atoms with Gasteiger partial charge in [0, 0.05) is 11.8 Å². The Balaban J connectivity index is 2.18. The number of pyridine rings is 1. The van der Waals surface area contributed by atoms with E-state index in [1.54, 1.807) is 16.8 Å². The van der Waals surface area contributed by atoms with Crippen LogP contribution in [0.3, 0.4) is 0 Å². The van der Waals surface area contributed by atoms with E-state index < -0.39 is 5.97 Å². The number of carbonyl (C=O) groups is 1. The van der Waals surface area contributed by atoms with Gasteiger partial charge in [0.15, 0.2) is 5.69 Å². The molecule has 1 N–H and O–H groups in total. The molecule has 6 nitrogen and oxygen atoms in total. The van der Waals surface area contributed by atoms with Crippen molar-refractivity contribution in [2.45, 2.75) is 0 Å². The summed E-state index contributed by atoms with van der Waals surface area (Å²) in [6.45, 7) is 0. The predicted molar refractivity (Wildman–Crippen MR) is 71.5 cm³/mol. The molecule has 0 amide bonds. The monoisotopic (exact) mass is 266 g/mol. The minimum atomic E-state index is -1.08. The van der Waals surface area contributed by atoms with Gasteiger partial charge in [-0.2, -0.15) is 0 Å². The zero-order valence-electron chi connectivity index (χ0n) is 10.3. The zero-order valence-corrected chi connectivity index (χ0v) is 10.3. The summed E-state index contributed by atoms with van der Waals surface area (Å²) in [7, 11) is 0. The number of aromatic carboxylic acids is 1. The molecule has 3 aromatic rings. The van der Waals surface area contributed by atoms with Gasteiger partial charge in [0.05, 0.1) is 17.6 Å². The molecule has 1 aromatic carbocycles. The van der Waals surface area contributed by atoms with Crippen LogP contribution in [-0.4, -0.2) is 31.1 Å². The van der Waals surface area contributed by atoms with Crippen LogP contribution in [-0.2, 0) is 0 Å². The van der Waals surface area contributed by atoms with Gasteiger partial charge in [0.1, 0.15) is 0 Å². The standard InChI is InChI=1S/C14H10N4O2/c19-14(20)13-11(7-4-8-15-13)12-9-16-17-18(12)10-5-2-1-3-6-10/h1-9H,(H,19,20). The molecule has 0 bridgehead atoms. The maximum absolute atomic E-state index is 11.3. The Hall–Kier alpha value is -3.02. The van der Waals surface area contributed by atoms with Gasteiger partial charge in [-0.1, -0.05) is 23.4 Å². The topological polar surface area (TPSA) is 80.9 Å². The first-order valence-electron chi connectivity index (χ1n) is 5.92. The fourth-order valence-corrected chi connectivity index (χ4v) is 1.96. The van der Waals surface area contributed by atoms with Gasteiger partial charge in [-0.25, -0.2) is 14.5 Å². The molecule has 0 radical (unpaired) electrons. The lowest BCUT2D eigenvalue weighted by Gasteiger charge is -2.07. The van der Waals surface area contributed by atoms with E-state index in [0.717, 1.165) is 5.69 Å². The molecule has 0 atom stereocenters. The summed E-state index contributed by atoms with van der Waals surface area (Å²) in [6, 6.07) is 12.8. The summed E-state index contributed by atoms with van der Waals surface area (Å²) < 4.78 is 1.59. The van der Waals surface area contributed by atoms with Gasteiger partial charge in [0.25, 0.3) is 0 Å². The van der Waals surface area contributed by atoms with Gasteiger partial charge in [-0.3, -0.25) is 0 Å². The summed E-state index contributed by atoms with van der Waals surface area (Å²) in [5, 5.41) is 17.1. The Morgan fingerprint density at radius 2 is 1.90 bits per heavy atom. The number of carboxylic acids is 1. The normalized spacial score (nSPS) is 10.4. The molecule has 0 aliphatic carbocycles. The van der Waals surface area contributed by atoms with Crippen molar-refractivity contribution in [3.8, 4) is 16.9 Å². The first kappa shape index (κ1) is 12.0. The Kier molecular flexibility index (Phi) is 2.96. The fourth-order valence-electron chi connectivity index (χ4n) is 1.96. The first-order valence-corrected chi connectivity index (χ1v) is 5.92. The molecule has 0 aliphatic rings. The highest BCUT2D eigenvalue weighted by atomic mass is 16.4. The minimum Gasteiger partial charge on any atom is -0.476 e. The Morgan fingerprint density at radius 1 is 1.10 bits per heavy atom. The molecule has 0 saturated carbocycles. The van der Waals surface area contributed by atoms with Gasteiger partial charge in [-0.15, -0.1) is 5.10 Å². The third kappa shape index (κ3) is 2.03. The van der Waals surface area contributed by atoms with Gasteiger partial charge < -0.3 is 5.11 Å². The van der Waals surface area contributed by atoms with Gasteiger partial charge in [-0.05, 0) is 24.3 Å². The van der Waals surface area contributed by atoms with Crippen LogP contribution in [0.25, 0.3) is 16.9 Å². The maximum atomic E-state index is 11.3. The molecule has 2 heterocycles. The van der Waals surface area contributed by atoms with E-state index in [1.807, 2.05) is 30.3 Å². The van der Waals surface area contributed by atoms with Crippen LogP contribution in [0.5, 0.6) is 0 Å². The molecule has 0 saturated heterocycles. The first-order chi connectivity index (χ1) is 9.77. The Morgan fingerprint density at radius 3 is 2.65 bits per heavy atom. The highest BCUT2D eigenvalue weighted by molar-refractivity contribution is 5.93. The van der Waals surface area contributed by atoms with Crippen molar-refractivity contribution in [1.29, 1.82) is 0 Å². The summed E-state index contributed by atoms with van der Waals surface area (Å²) in [4.78, 5) is 15.2. The molecule has 0 fully saturated rings. The lowest BCUT2D eigenvalue weighted by Crippen LogP contribution is -2.06. The number of rotatable bonds is 3. The van der Waals surface area contributed by atoms with Crippen molar-refractivity contribution in [2.24, 2.45) is 0 Å². The van der Waals surface area contributed by atoms with Crippen LogP contribution in [0.1, 0.15) is 10.5 Å². The number of benzene rings is 1. The number of hydrogen-bond donors (Lipinski definition) is 1. The van der Waals surface area contributed by atoms with Crippen LogP contribution < -0.4 is 0 Å². The average molecular weight is 266 g/mol. The summed E-state index contributed by atoms with van der Waals surface area (Å²) in [5.41, 5.74) is 1.85. The third-order valence-corrected chi connectivity index (χ3v) is 2.84. The predicted octanol–water partition coefficient (Wildman–Crippen LogP) is 2.03. The number of aromatic nitrogens is 4. The molecule has 2 aromatic heterocycles. The van der Waals surface area contributed by atoms with Crippen LogP contribution in [0.4, 0.5) is 0 Å². The van der Waals surface area contributed by atoms with E-state index in [0.29, 0.717) is 11.3 Å². The molecule has 98 valence electrons. The number of carboxylic acid groups (broad SMARTS) is 1. The molecule has 0 unspecified atom stereocenters. The summed E-state index contributed by atoms with van der Waals surface area (Å²) >= 11 is 0. The highest BCUT2D eigenvalue weighted by Gasteiger charge is 2.17. The van der Waals surface area contributed by atoms with Crippen molar-refractivity contribution in [2.75, 3.05) is 0 Å². The van der Waals surface area contributed by atoms with Gasteiger partial charge >= 0.3 is 5.97 Å². The second-order valence-electron chi connectivity index (χ2n) is 4.07. The molecule has 20 heavy (non-hydrogen) atoms. The number of hydrogen-bond acceptors (Lipinski definition) is 4. The summed E-state index contributed by atoms with van der Waals surface area (Å²) in [5.74, 6) is -1.08. The quantitative estimate of drug-likeness (QED) is 0.784. The fraction of sp³-hybridized carbons (Fsp3) is 0. The van der Waals surface area contributed by atoms with Crippen LogP contribution in [0, 0.1) is 0 Å². The lowest BCUT2D eigenvalue weighted by molar-refractivity contribution is 0.0691. The van der Waals surface area contributed by atoms with Crippen molar-refractivity contribution in [3.05, 3.63) is 60.6 Å². The van der Waals surface area contributed by atoms with Crippen LogP contribution >= 0.6 is 0 Å². The molecule has 3 rings (SSSR count). The van der Waals surface area contributed by atoms with E-state index in [1.165, 1.54) is 12.4 Å². The molecule has 6 heteroatoms. The smallest absolute Gasteiger partial charge is 0.355 e. The largest absolute Gasteiger partial charge is 0.476 e. The van der Waals surface area contributed by atoms with E-state index in [9.17, 15) is 9.90 Å². The molecular formula is C14H10N4O2. The van der Waals surface area contributed by atoms with Crippen molar-refractivity contribution < 1.29 is 9.90 Å². The second-order valence-corrected chi connectivity index (χ2v) is 4.07. The number of nitrogens with zero attached hydrogens (tertiary/aromatic N) is 4. The van der Waals surface area contributed by atoms with E-state index in [2.05, 4.69) is 15.3 Å². The van der Waals surface area contributed by atoms with Crippen molar-refractivity contribution in [3.63, 3.8) is 0 Å². The van der Waals surface area contributed by atoms with E-state index in [-0.39, 0.29) is 5.69 Å². The molecule has 0 spiro atoms. The zero-order chi connectivity index (χ0) is 13.9. The average Bonchev–Trinajstić information content (AvgIpc) is 2.97. The van der Waals surface area contributed by atoms with E-state index in [4.69, 9.17) is 0 Å². The van der Waals surface area contributed by atoms with Crippen LogP contribution in [0.15, 0.2) is 54.9 Å².